The SMILES string of the molecule is COC(=O)CCCN(C)C(=O)c1ccccc1SCc1cscn1. The number of thiazole rings is 1. The molecule has 2 rings (SSSR count). The molecule has 1 aromatic carbocycles. The number of thioether (sulfide) groups is 1. The maximum absolute atomic E-state index is 12.7. The van der Waals surface area contributed by atoms with Gasteiger partial charge < -0.3 is 9.64 Å². The zero-order valence-electron chi connectivity index (χ0n) is 13.7. The van der Waals surface area contributed by atoms with Gasteiger partial charge in [0.1, 0.15) is 0 Å². The van der Waals surface area contributed by atoms with Gasteiger partial charge >= 0.3 is 5.97 Å². The van der Waals surface area contributed by atoms with Crippen molar-refractivity contribution in [1.29, 1.82) is 0 Å². The van der Waals surface area contributed by atoms with Gasteiger partial charge in [-0.25, -0.2) is 4.98 Å². The Bertz CT molecular complexity index is 674. The summed E-state index contributed by atoms with van der Waals surface area (Å²) in [5.74, 6) is 0.441. The Balaban J connectivity index is 1.96. The third kappa shape index (κ3) is 5.35. The summed E-state index contributed by atoms with van der Waals surface area (Å²) in [5.41, 5.74) is 3.50. The van der Waals surface area contributed by atoms with E-state index in [0.717, 1.165) is 16.3 Å². The molecule has 0 aliphatic carbocycles. The molecular formula is C17H20N2O3S2. The number of aromatic nitrogens is 1. The van der Waals surface area contributed by atoms with E-state index in [2.05, 4.69) is 9.72 Å². The summed E-state index contributed by atoms with van der Waals surface area (Å²) in [7, 11) is 3.12. The normalized spacial score (nSPS) is 10.4. The number of rotatable bonds is 8. The summed E-state index contributed by atoms with van der Waals surface area (Å²) in [4.78, 5) is 30.7. The van der Waals surface area contributed by atoms with Crippen LogP contribution in [0.15, 0.2) is 40.1 Å². The predicted octanol–water partition coefficient (Wildman–Crippen LogP) is 3.46. The standard InChI is InChI=1S/C17H20N2O3S2/c1-19(9-5-8-16(20)22-2)17(21)14-6-3-4-7-15(14)24-11-13-10-23-12-18-13/h3-4,6-7,10,12H,5,8-9,11H2,1-2H3. The molecule has 0 N–H and O–H groups in total. The van der Waals surface area contributed by atoms with E-state index in [0.29, 0.717) is 24.9 Å². The molecule has 24 heavy (non-hydrogen) atoms. The van der Waals surface area contributed by atoms with Gasteiger partial charge in [-0.05, 0) is 18.6 Å². The highest BCUT2D eigenvalue weighted by molar-refractivity contribution is 7.98. The molecule has 0 bridgehead atoms. The molecule has 0 spiro atoms. The number of hydrogen-bond donors (Lipinski definition) is 0. The molecule has 2 aromatic rings. The number of hydrogen-bond acceptors (Lipinski definition) is 6. The van der Waals surface area contributed by atoms with Crippen LogP contribution in [-0.2, 0) is 15.3 Å². The lowest BCUT2D eigenvalue weighted by Gasteiger charge is -2.18. The van der Waals surface area contributed by atoms with Crippen LogP contribution in [0, 0.1) is 0 Å². The molecule has 0 saturated carbocycles. The smallest absolute Gasteiger partial charge is 0.305 e. The van der Waals surface area contributed by atoms with Crippen molar-refractivity contribution in [2.24, 2.45) is 0 Å². The van der Waals surface area contributed by atoms with Crippen LogP contribution in [0.5, 0.6) is 0 Å². The molecule has 0 saturated heterocycles. The second kappa shape index (κ2) is 9.44. The summed E-state index contributed by atoms with van der Waals surface area (Å²) in [6.07, 6.45) is 0.900. The zero-order valence-corrected chi connectivity index (χ0v) is 15.4. The fraction of sp³-hybridized carbons (Fsp3) is 0.353. The number of carbonyl (C=O) groups excluding carboxylic acids is 2. The Morgan fingerprint density at radius 3 is 2.83 bits per heavy atom. The van der Waals surface area contributed by atoms with Crippen molar-refractivity contribution >= 4 is 35.0 Å². The summed E-state index contributed by atoms with van der Waals surface area (Å²) in [6, 6.07) is 7.58. The van der Waals surface area contributed by atoms with Crippen molar-refractivity contribution < 1.29 is 14.3 Å². The Morgan fingerprint density at radius 1 is 1.33 bits per heavy atom. The third-order valence-electron chi connectivity index (χ3n) is 3.43. The molecule has 0 aliphatic heterocycles. The van der Waals surface area contributed by atoms with Gasteiger partial charge in [0.25, 0.3) is 5.91 Å². The van der Waals surface area contributed by atoms with Crippen LogP contribution in [0.25, 0.3) is 0 Å². The Morgan fingerprint density at radius 2 is 2.12 bits per heavy atom. The molecule has 0 aliphatic rings. The topological polar surface area (TPSA) is 59.5 Å². The monoisotopic (exact) mass is 364 g/mol. The fourth-order valence-electron chi connectivity index (χ4n) is 2.10. The number of benzene rings is 1. The van der Waals surface area contributed by atoms with Crippen molar-refractivity contribution in [3.63, 3.8) is 0 Å². The average Bonchev–Trinajstić information content (AvgIpc) is 3.12. The molecule has 1 amide bonds. The molecule has 7 heteroatoms. The van der Waals surface area contributed by atoms with Crippen LogP contribution >= 0.6 is 23.1 Å². The maximum Gasteiger partial charge on any atom is 0.305 e. The first-order valence-corrected chi connectivity index (χ1v) is 9.46. The van der Waals surface area contributed by atoms with Gasteiger partial charge in [-0.15, -0.1) is 23.1 Å². The molecule has 1 heterocycles. The lowest BCUT2D eigenvalue weighted by molar-refractivity contribution is -0.140. The largest absolute Gasteiger partial charge is 0.469 e. The molecule has 0 fully saturated rings. The van der Waals surface area contributed by atoms with E-state index < -0.39 is 0 Å². The first kappa shape index (κ1) is 18.5. The fourth-order valence-corrected chi connectivity index (χ4v) is 3.71. The molecule has 0 unspecified atom stereocenters. The van der Waals surface area contributed by atoms with Crippen molar-refractivity contribution in [1.82, 2.24) is 9.88 Å². The minimum atomic E-state index is -0.255. The Labute approximate surface area is 150 Å². The molecule has 0 radical (unpaired) electrons. The van der Waals surface area contributed by atoms with Gasteiger partial charge in [-0.3, -0.25) is 9.59 Å². The van der Waals surface area contributed by atoms with E-state index in [1.807, 2.05) is 35.2 Å². The molecular weight excluding hydrogens is 344 g/mol. The second-order valence-electron chi connectivity index (χ2n) is 5.17. The van der Waals surface area contributed by atoms with Crippen LogP contribution in [0.2, 0.25) is 0 Å². The summed E-state index contributed by atoms with van der Waals surface area (Å²) in [5, 5.41) is 2.01. The van der Waals surface area contributed by atoms with E-state index in [1.165, 1.54) is 7.11 Å². The van der Waals surface area contributed by atoms with Crippen molar-refractivity contribution in [3.05, 3.63) is 46.4 Å². The van der Waals surface area contributed by atoms with Gasteiger partial charge in [0, 0.05) is 36.0 Å². The third-order valence-corrected chi connectivity index (χ3v) is 5.17. The predicted molar refractivity (Wildman–Crippen MR) is 96.3 cm³/mol. The Hall–Kier alpha value is -1.86. The van der Waals surface area contributed by atoms with Crippen LogP contribution in [-0.4, -0.2) is 42.5 Å². The minimum Gasteiger partial charge on any atom is -0.469 e. The molecule has 1 aromatic heterocycles. The van der Waals surface area contributed by atoms with Gasteiger partial charge in [0.05, 0.1) is 23.9 Å². The van der Waals surface area contributed by atoms with E-state index in [-0.39, 0.29) is 11.9 Å². The lowest BCUT2D eigenvalue weighted by atomic mass is 10.2. The number of ether oxygens (including phenoxy) is 1. The van der Waals surface area contributed by atoms with Crippen LogP contribution in [0.3, 0.4) is 0 Å². The number of esters is 1. The van der Waals surface area contributed by atoms with E-state index in [4.69, 9.17) is 0 Å². The van der Waals surface area contributed by atoms with Crippen LogP contribution in [0.4, 0.5) is 0 Å². The highest BCUT2D eigenvalue weighted by Gasteiger charge is 2.16. The Kier molecular flexibility index (Phi) is 7.27. The van der Waals surface area contributed by atoms with Crippen molar-refractivity contribution in [3.8, 4) is 0 Å². The quantitative estimate of drug-likeness (QED) is 0.530. The lowest BCUT2D eigenvalue weighted by Crippen LogP contribution is -2.28. The average molecular weight is 364 g/mol. The second-order valence-corrected chi connectivity index (χ2v) is 6.91. The first-order valence-electron chi connectivity index (χ1n) is 7.53. The van der Waals surface area contributed by atoms with Crippen molar-refractivity contribution in [2.75, 3.05) is 20.7 Å². The van der Waals surface area contributed by atoms with E-state index in [1.54, 1.807) is 35.0 Å². The summed E-state index contributed by atoms with van der Waals surface area (Å²) < 4.78 is 4.61. The van der Waals surface area contributed by atoms with Gasteiger partial charge in [0.2, 0.25) is 0 Å². The van der Waals surface area contributed by atoms with Crippen LogP contribution in [0.1, 0.15) is 28.9 Å². The van der Waals surface area contributed by atoms with Gasteiger partial charge in [-0.2, -0.15) is 0 Å². The number of nitrogens with zero attached hydrogens (tertiary/aromatic N) is 2. The van der Waals surface area contributed by atoms with E-state index >= 15 is 0 Å². The first-order chi connectivity index (χ1) is 11.6. The summed E-state index contributed by atoms with van der Waals surface area (Å²) in [6.45, 7) is 0.513. The number of methoxy groups -OCH3 is 1. The number of amides is 1. The minimum absolute atomic E-state index is 0.0405. The molecule has 5 nitrogen and oxygen atoms in total. The summed E-state index contributed by atoms with van der Waals surface area (Å²) >= 11 is 3.17. The number of carbonyl (C=O) groups is 2. The highest BCUT2D eigenvalue weighted by Crippen LogP contribution is 2.27. The maximum atomic E-state index is 12.7. The van der Waals surface area contributed by atoms with Gasteiger partial charge in [0.15, 0.2) is 0 Å². The zero-order chi connectivity index (χ0) is 17.4. The molecule has 128 valence electrons. The van der Waals surface area contributed by atoms with Crippen molar-refractivity contribution in [2.45, 2.75) is 23.5 Å². The molecule has 0 atom stereocenters. The van der Waals surface area contributed by atoms with Crippen LogP contribution < -0.4 is 0 Å². The van der Waals surface area contributed by atoms with Gasteiger partial charge in [-0.1, -0.05) is 12.1 Å². The highest BCUT2D eigenvalue weighted by atomic mass is 32.2. The van der Waals surface area contributed by atoms with E-state index in [9.17, 15) is 9.59 Å².